The van der Waals surface area contributed by atoms with E-state index in [4.69, 9.17) is 14.2 Å². The molecular weight excluding hydrogens is 520 g/mol. The van der Waals surface area contributed by atoms with Gasteiger partial charge in [-0.05, 0) is 48.2 Å². The van der Waals surface area contributed by atoms with E-state index in [2.05, 4.69) is 18.7 Å². The van der Waals surface area contributed by atoms with Crippen molar-refractivity contribution in [1.82, 2.24) is 9.80 Å². The van der Waals surface area contributed by atoms with Crippen LogP contribution in [-0.2, 0) is 9.59 Å². The van der Waals surface area contributed by atoms with Crippen LogP contribution in [0.15, 0.2) is 42.5 Å². The van der Waals surface area contributed by atoms with E-state index < -0.39 is 17.9 Å². The lowest BCUT2D eigenvalue weighted by Gasteiger charge is -2.30. The van der Waals surface area contributed by atoms with Gasteiger partial charge in [-0.1, -0.05) is 70.6 Å². The van der Waals surface area contributed by atoms with Crippen LogP contribution in [0.25, 0.3) is 0 Å². The SMILES string of the molecule is CCCCCCN(CCCCCC)C(=O)CN1C[C@H](c2ccc3c(c2)OCO3)[C@@H](C(=O)O)[C@@H]1c1ccc(OC)cc1. The first kappa shape index (κ1) is 30.7. The summed E-state index contributed by atoms with van der Waals surface area (Å²) in [7, 11) is 1.61. The summed E-state index contributed by atoms with van der Waals surface area (Å²) in [6, 6.07) is 12.8. The van der Waals surface area contributed by atoms with Crippen LogP contribution >= 0.6 is 0 Å². The maximum Gasteiger partial charge on any atom is 0.309 e. The Morgan fingerprint density at radius 3 is 2.15 bits per heavy atom. The minimum absolute atomic E-state index is 0.0759. The molecule has 2 aliphatic heterocycles. The molecule has 1 amide bonds. The fraction of sp³-hybridized carbons (Fsp3) is 0.576. The number of nitrogens with zero attached hydrogens (tertiary/aromatic N) is 2. The molecule has 4 rings (SSSR count). The Kier molecular flexibility index (Phi) is 11.3. The van der Waals surface area contributed by atoms with Crippen LogP contribution in [-0.4, -0.2) is 66.9 Å². The highest BCUT2D eigenvalue weighted by atomic mass is 16.7. The number of carboxylic acids is 1. The van der Waals surface area contributed by atoms with E-state index in [1.807, 2.05) is 47.4 Å². The Balaban J connectivity index is 1.61. The van der Waals surface area contributed by atoms with E-state index >= 15 is 0 Å². The zero-order chi connectivity index (χ0) is 29.2. The van der Waals surface area contributed by atoms with E-state index in [1.54, 1.807) is 7.11 Å². The first-order chi connectivity index (χ1) is 20.0. The second kappa shape index (κ2) is 15.1. The average molecular weight is 567 g/mol. The van der Waals surface area contributed by atoms with Gasteiger partial charge in [-0.25, -0.2) is 0 Å². The predicted molar refractivity (Wildman–Crippen MR) is 159 cm³/mol. The summed E-state index contributed by atoms with van der Waals surface area (Å²) in [5.74, 6) is 0.153. The molecule has 0 radical (unpaired) electrons. The number of hydrogen-bond donors (Lipinski definition) is 1. The maximum absolute atomic E-state index is 13.9. The van der Waals surface area contributed by atoms with Gasteiger partial charge >= 0.3 is 5.97 Å². The van der Waals surface area contributed by atoms with Gasteiger partial charge in [0.2, 0.25) is 12.7 Å². The van der Waals surface area contributed by atoms with Crippen molar-refractivity contribution in [3.8, 4) is 17.2 Å². The van der Waals surface area contributed by atoms with Crippen molar-refractivity contribution in [1.29, 1.82) is 0 Å². The van der Waals surface area contributed by atoms with Gasteiger partial charge < -0.3 is 24.2 Å². The van der Waals surface area contributed by atoms with Crippen molar-refractivity contribution >= 4 is 11.9 Å². The number of methoxy groups -OCH3 is 1. The summed E-state index contributed by atoms with van der Waals surface area (Å²) in [5, 5.41) is 10.6. The van der Waals surface area contributed by atoms with Gasteiger partial charge in [0.1, 0.15) is 5.75 Å². The number of carboxylic acid groups (broad SMARTS) is 1. The molecule has 2 aliphatic rings. The van der Waals surface area contributed by atoms with Gasteiger partial charge in [-0.3, -0.25) is 14.5 Å². The van der Waals surface area contributed by atoms with Crippen LogP contribution in [0, 0.1) is 5.92 Å². The molecule has 2 heterocycles. The van der Waals surface area contributed by atoms with Crippen LogP contribution in [0.2, 0.25) is 0 Å². The summed E-state index contributed by atoms with van der Waals surface area (Å²) >= 11 is 0. The highest BCUT2D eigenvalue weighted by Gasteiger charge is 2.48. The molecule has 0 aromatic heterocycles. The van der Waals surface area contributed by atoms with E-state index in [1.165, 1.54) is 12.8 Å². The highest BCUT2D eigenvalue weighted by Crippen LogP contribution is 2.47. The number of ether oxygens (including phenoxy) is 3. The molecule has 8 heteroatoms. The number of unbranched alkanes of at least 4 members (excludes halogenated alkanes) is 6. The van der Waals surface area contributed by atoms with Crippen LogP contribution in [0.5, 0.6) is 17.2 Å². The molecule has 0 spiro atoms. The number of likely N-dealkylation sites (tertiary alicyclic amines) is 1. The fourth-order valence-corrected chi connectivity index (χ4v) is 6.17. The standard InChI is InChI=1S/C33H46N2O6/c1-4-6-8-10-18-34(19-11-9-7-5-2)30(36)22-35-21-27(25-14-17-28-29(20-25)41-23-40-28)31(33(37)38)32(35)24-12-15-26(39-3)16-13-24/h12-17,20,27,31-32H,4-11,18-19,21-23H2,1-3H3,(H,37,38)/t27-,31-,32+/m1/s1. The van der Waals surface area contributed by atoms with E-state index in [0.717, 1.165) is 62.7 Å². The molecule has 3 atom stereocenters. The van der Waals surface area contributed by atoms with Crippen molar-refractivity contribution in [3.05, 3.63) is 53.6 Å². The molecule has 0 unspecified atom stereocenters. The van der Waals surface area contributed by atoms with Gasteiger partial charge in [0.15, 0.2) is 11.5 Å². The number of benzene rings is 2. The zero-order valence-electron chi connectivity index (χ0n) is 24.8. The first-order valence-corrected chi connectivity index (χ1v) is 15.2. The van der Waals surface area contributed by atoms with Crippen LogP contribution in [0.1, 0.15) is 88.3 Å². The van der Waals surface area contributed by atoms with Crippen molar-refractivity contribution in [3.63, 3.8) is 0 Å². The number of hydrogen-bond acceptors (Lipinski definition) is 6. The minimum Gasteiger partial charge on any atom is -0.497 e. The van der Waals surface area contributed by atoms with Gasteiger partial charge in [-0.15, -0.1) is 0 Å². The van der Waals surface area contributed by atoms with Crippen LogP contribution < -0.4 is 14.2 Å². The third-order valence-electron chi connectivity index (χ3n) is 8.42. The third kappa shape index (κ3) is 7.73. The molecule has 224 valence electrons. The highest BCUT2D eigenvalue weighted by molar-refractivity contribution is 5.79. The Morgan fingerprint density at radius 1 is 0.902 bits per heavy atom. The molecule has 0 saturated carbocycles. The van der Waals surface area contributed by atoms with Crippen molar-refractivity contribution in [2.75, 3.05) is 40.1 Å². The van der Waals surface area contributed by atoms with Gasteiger partial charge in [-0.2, -0.15) is 0 Å². The molecule has 41 heavy (non-hydrogen) atoms. The van der Waals surface area contributed by atoms with E-state index in [-0.39, 0.29) is 25.2 Å². The van der Waals surface area contributed by atoms with Crippen molar-refractivity contribution < 1.29 is 28.9 Å². The second-order valence-electron chi connectivity index (χ2n) is 11.2. The quantitative estimate of drug-likeness (QED) is 0.240. The number of carbonyl (C=O) groups is 2. The van der Waals surface area contributed by atoms with Gasteiger partial charge in [0.25, 0.3) is 0 Å². The third-order valence-corrected chi connectivity index (χ3v) is 8.42. The maximum atomic E-state index is 13.9. The van der Waals surface area contributed by atoms with E-state index in [0.29, 0.717) is 23.8 Å². The van der Waals surface area contributed by atoms with Crippen LogP contribution in [0.3, 0.4) is 0 Å². The van der Waals surface area contributed by atoms with Crippen LogP contribution in [0.4, 0.5) is 0 Å². The molecular formula is C33H46N2O6. The predicted octanol–water partition coefficient (Wildman–Crippen LogP) is 6.25. The summed E-state index contributed by atoms with van der Waals surface area (Å²) < 4.78 is 16.4. The zero-order valence-corrected chi connectivity index (χ0v) is 24.8. The lowest BCUT2D eigenvalue weighted by atomic mass is 9.82. The minimum atomic E-state index is -0.876. The number of rotatable bonds is 16. The summed E-state index contributed by atoms with van der Waals surface area (Å²) in [6.45, 7) is 6.68. The number of carbonyl (C=O) groups excluding carboxylic acids is 1. The molecule has 1 saturated heterocycles. The molecule has 2 aromatic rings. The average Bonchev–Trinajstić information content (AvgIpc) is 3.60. The monoisotopic (exact) mass is 566 g/mol. The summed E-state index contributed by atoms with van der Waals surface area (Å²) in [4.78, 5) is 30.8. The van der Waals surface area contributed by atoms with Gasteiger partial charge in [0.05, 0.1) is 19.6 Å². The first-order valence-electron chi connectivity index (χ1n) is 15.2. The molecule has 1 fully saturated rings. The number of aliphatic carboxylic acids is 1. The normalized spacial score (nSPS) is 19.8. The molecule has 8 nitrogen and oxygen atoms in total. The lowest BCUT2D eigenvalue weighted by molar-refractivity contribution is -0.144. The summed E-state index contributed by atoms with van der Waals surface area (Å²) in [5.41, 5.74) is 1.75. The molecule has 0 bridgehead atoms. The van der Waals surface area contributed by atoms with Gasteiger partial charge in [0, 0.05) is 31.6 Å². The lowest BCUT2D eigenvalue weighted by Crippen LogP contribution is -2.42. The molecule has 2 aromatic carbocycles. The Morgan fingerprint density at radius 2 is 1.54 bits per heavy atom. The second-order valence-corrected chi connectivity index (χ2v) is 11.2. The topological polar surface area (TPSA) is 88.5 Å². The van der Waals surface area contributed by atoms with Crippen molar-refractivity contribution in [2.24, 2.45) is 5.92 Å². The Hall–Kier alpha value is -3.26. The largest absolute Gasteiger partial charge is 0.497 e. The Labute approximate surface area is 244 Å². The fourth-order valence-electron chi connectivity index (χ4n) is 6.17. The molecule has 0 aliphatic carbocycles. The number of fused-ring (bicyclic) bond motifs is 1. The van der Waals surface area contributed by atoms with E-state index in [9.17, 15) is 14.7 Å². The van der Waals surface area contributed by atoms with Crippen molar-refractivity contribution in [2.45, 2.75) is 77.2 Å². The summed E-state index contributed by atoms with van der Waals surface area (Å²) in [6.07, 6.45) is 8.85. The number of amides is 1. The Bertz CT molecular complexity index is 1130. The molecule has 1 N–H and O–H groups in total. The smallest absolute Gasteiger partial charge is 0.309 e.